The first kappa shape index (κ1) is 13.0. The molecule has 3 nitrogen and oxygen atoms in total. The summed E-state index contributed by atoms with van der Waals surface area (Å²) in [6, 6.07) is 7.56. The van der Waals surface area contributed by atoms with Gasteiger partial charge < -0.3 is 14.5 Å². The van der Waals surface area contributed by atoms with Gasteiger partial charge >= 0.3 is 0 Å². The summed E-state index contributed by atoms with van der Waals surface area (Å²) >= 11 is 5.89. The van der Waals surface area contributed by atoms with Gasteiger partial charge in [-0.1, -0.05) is 11.6 Å². The highest BCUT2D eigenvalue weighted by atomic mass is 35.5. The van der Waals surface area contributed by atoms with Crippen LogP contribution in [0.15, 0.2) is 34.9 Å². The molecule has 4 heteroatoms. The van der Waals surface area contributed by atoms with Crippen LogP contribution in [0.25, 0.3) is 0 Å². The maximum Gasteiger partial charge on any atom is 0.146 e. The average molecular weight is 266 g/mol. The zero-order valence-electron chi connectivity index (χ0n) is 10.5. The van der Waals surface area contributed by atoms with Crippen molar-refractivity contribution in [3.05, 3.63) is 52.4 Å². The van der Waals surface area contributed by atoms with Crippen LogP contribution < -0.4 is 10.1 Å². The van der Waals surface area contributed by atoms with Gasteiger partial charge in [0.05, 0.1) is 6.26 Å². The van der Waals surface area contributed by atoms with Crippen LogP contribution in [0, 0.1) is 6.92 Å². The van der Waals surface area contributed by atoms with Gasteiger partial charge in [-0.05, 0) is 43.8 Å². The number of halogens is 1. The Kier molecular flexibility index (Phi) is 4.28. The topological polar surface area (TPSA) is 34.4 Å². The molecule has 0 saturated carbocycles. The van der Waals surface area contributed by atoms with E-state index in [2.05, 4.69) is 5.32 Å². The highest BCUT2D eigenvalue weighted by Gasteiger charge is 2.04. The van der Waals surface area contributed by atoms with Crippen LogP contribution >= 0.6 is 11.6 Å². The van der Waals surface area contributed by atoms with Crippen molar-refractivity contribution >= 4 is 11.6 Å². The minimum atomic E-state index is 0.423. The number of benzene rings is 1. The molecular formula is C14H16ClNO2. The number of furan rings is 1. The molecule has 0 fully saturated rings. The van der Waals surface area contributed by atoms with Crippen LogP contribution in [0.1, 0.15) is 16.9 Å². The lowest BCUT2D eigenvalue weighted by atomic mass is 10.2. The molecule has 0 atom stereocenters. The van der Waals surface area contributed by atoms with Crippen LogP contribution in [0.5, 0.6) is 5.75 Å². The second-order valence-corrected chi connectivity index (χ2v) is 4.59. The van der Waals surface area contributed by atoms with Gasteiger partial charge in [0.15, 0.2) is 0 Å². The SMILES string of the molecule is CNCc1coc(COc2ccc(Cl)cc2C)c1. The van der Waals surface area contributed by atoms with Gasteiger partial charge in [0, 0.05) is 17.1 Å². The summed E-state index contributed by atoms with van der Waals surface area (Å²) < 4.78 is 11.1. The van der Waals surface area contributed by atoms with Crippen molar-refractivity contribution < 1.29 is 9.15 Å². The fraction of sp³-hybridized carbons (Fsp3) is 0.286. The molecule has 0 radical (unpaired) electrons. The Morgan fingerprint density at radius 3 is 2.89 bits per heavy atom. The van der Waals surface area contributed by atoms with Crippen molar-refractivity contribution in [2.45, 2.75) is 20.1 Å². The quantitative estimate of drug-likeness (QED) is 0.898. The molecule has 2 aromatic rings. The second kappa shape index (κ2) is 5.94. The first-order valence-corrected chi connectivity index (χ1v) is 6.16. The normalized spacial score (nSPS) is 10.6. The van der Waals surface area contributed by atoms with Crippen molar-refractivity contribution in [1.82, 2.24) is 5.32 Å². The van der Waals surface area contributed by atoms with E-state index in [4.69, 9.17) is 20.8 Å². The number of rotatable bonds is 5. The van der Waals surface area contributed by atoms with Crippen molar-refractivity contribution in [1.29, 1.82) is 0 Å². The first-order valence-electron chi connectivity index (χ1n) is 5.79. The van der Waals surface area contributed by atoms with E-state index in [1.54, 1.807) is 6.26 Å². The van der Waals surface area contributed by atoms with Gasteiger partial charge in [-0.15, -0.1) is 0 Å². The van der Waals surface area contributed by atoms with E-state index < -0.39 is 0 Å². The number of hydrogen-bond donors (Lipinski definition) is 1. The van der Waals surface area contributed by atoms with Crippen molar-refractivity contribution in [3.8, 4) is 5.75 Å². The van der Waals surface area contributed by atoms with Gasteiger partial charge in [-0.3, -0.25) is 0 Å². The monoisotopic (exact) mass is 265 g/mol. The van der Waals surface area contributed by atoms with E-state index in [0.717, 1.165) is 29.2 Å². The minimum absolute atomic E-state index is 0.423. The van der Waals surface area contributed by atoms with E-state index in [9.17, 15) is 0 Å². The summed E-state index contributed by atoms with van der Waals surface area (Å²) in [5.41, 5.74) is 2.13. The van der Waals surface area contributed by atoms with Crippen LogP contribution in [-0.2, 0) is 13.2 Å². The Labute approximate surface area is 112 Å². The van der Waals surface area contributed by atoms with Crippen LogP contribution in [0.4, 0.5) is 0 Å². The molecule has 1 heterocycles. The standard InChI is InChI=1S/C14H16ClNO2/c1-10-5-12(15)3-4-14(10)18-9-13-6-11(7-16-2)8-17-13/h3-6,8,16H,7,9H2,1-2H3. The number of ether oxygens (including phenoxy) is 1. The highest BCUT2D eigenvalue weighted by Crippen LogP contribution is 2.23. The van der Waals surface area contributed by atoms with E-state index in [-0.39, 0.29) is 0 Å². The summed E-state index contributed by atoms with van der Waals surface area (Å²) in [7, 11) is 1.90. The molecule has 0 aliphatic carbocycles. The third-order valence-electron chi connectivity index (χ3n) is 2.60. The minimum Gasteiger partial charge on any atom is -0.485 e. The van der Waals surface area contributed by atoms with Gasteiger partial charge in [-0.2, -0.15) is 0 Å². The molecule has 0 unspecified atom stereocenters. The third kappa shape index (κ3) is 3.28. The summed E-state index contributed by atoms with van der Waals surface area (Å²) in [6.07, 6.45) is 1.74. The number of nitrogens with one attached hydrogen (secondary N) is 1. The predicted molar refractivity (Wildman–Crippen MR) is 72.0 cm³/mol. The van der Waals surface area contributed by atoms with E-state index >= 15 is 0 Å². The molecular weight excluding hydrogens is 250 g/mol. The van der Waals surface area contributed by atoms with Crippen LogP contribution in [0.2, 0.25) is 5.02 Å². The fourth-order valence-corrected chi connectivity index (χ4v) is 1.95. The molecule has 1 aromatic carbocycles. The zero-order chi connectivity index (χ0) is 13.0. The molecule has 0 aliphatic heterocycles. The van der Waals surface area contributed by atoms with Gasteiger partial charge in [0.2, 0.25) is 0 Å². The Morgan fingerprint density at radius 1 is 1.33 bits per heavy atom. The first-order chi connectivity index (χ1) is 8.69. The highest BCUT2D eigenvalue weighted by molar-refractivity contribution is 6.30. The van der Waals surface area contributed by atoms with Crippen molar-refractivity contribution in [3.63, 3.8) is 0 Å². The molecule has 0 aliphatic rings. The maximum atomic E-state index is 5.89. The molecule has 1 aromatic heterocycles. The third-order valence-corrected chi connectivity index (χ3v) is 2.83. The Bertz CT molecular complexity index is 522. The lowest BCUT2D eigenvalue weighted by Crippen LogP contribution is -2.03. The van der Waals surface area contributed by atoms with Gasteiger partial charge in [0.25, 0.3) is 0 Å². The van der Waals surface area contributed by atoms with Crippen LogP contribution in [-0.4, -0.2) is 7.05 Å². The zero-order valence-corrected chi connectivity index (χ0v) is 11.3. The molecule has 0 spiro atoms. The molecule has 18 heavy (non-hydrogen) atoms. The molecule has 1 N–H and O–H groups in total. The molecule has 0 amide bonds. The van der Waals surface area contributed by atoms with E-state index in [0.29, 0.717) is 11.6 Å². The lowest BCUT2D eigenvalue weighted by molar-refractivity contribution is 0.268. The molecule has 0 saturated heterocycles. The largest absolute Gasteiger partial charge is 0.485 e. The van der Waals surface area contributed by atoms with Gasteiger partial charge in [0.1, 0.15) is 18.1 Å². The molecule has 96 valence electrons. The maximum absolute atomic E-state index is 5.89. The number of hydrogen-bond acceptors (Lipinski definition) is 3. The fourth-order valence-electron chi connectivity index (χ4n) is 1.72. The summed E-state index contributed by atoms with van der Waals surface area (Å²) in [4.78, 5) is 0. The van der Waals surface area contributed by atoms with Crippen molar-refractivity contribution in [2.75, 3.05) is 7.05 Å². The Hall–Kier alpha value is -1.45. The van der Waals surface area contributed by atoms with E-state index in [1.165, 1.54) is 0 Å². The smallest absolute Gasteiger partial charge is 0.146 e. The van der Waals surface area contributed by atoms with Crippen molar-refractivity contribution in [2.24, 2.45) is 0 Å². The summed E-state index contributed by atoms with van der Waals surface area (Å²) in [5.74, 6) is 1.64. The second-order valence-electron chi connectivity index (χ2n) is 4.15. The average Bonchev–Trinajstić information content (AvgIpc) is 2.76. The Balaban J connectivity index is 1.97. The van der Waals surface area contributed by atoms with E-state index in [1.807, 2.05) is 38.2 Å². The summed E-state index contributed by atoms with van der Waals surface area (Å²) in [5, 5.41) is 3.79. The van der Waals surface area contributed by atoms with Gasteiger partial charge in [-0.25, -0.2) is 0 Å². The molecule has 2 rings (SSSR count). The Morgan fingerprint density at radius 2 is 2.17 bits per heavy atom. The summed E-state index contributed by atoms with van der Waals surface area (Å²) in [6.45, 7) is 3.19. The lowest BCUT2D eigenvalue weighted by Gasteiger charge is -2.07. The van der Waals surface area contributed by atoms with Crippen LogP contribution in [0.3, 0.4) is 0 Å². The number of aryl methyl sites for hydroxylation is 1. The molecule has 0 bridgehead atoms. The predicted octanol–water partition coefficient (Wildman–Crippen LogP) is 3.54.